The van der Waals surface area contributed by atoms with Crippen LogP contribution in [0.15, 0.2) is 39.5 Å². The first kappa shape index (κ1) is 29.8. The lowest BCUT2D eigenvalue weighted by atomic mass is 10.00. The van der Waals surface area contributed by atoms with Gasteiger partial charge in [-0.1, -0.05) is 0 Å². The van der Waals surface area contributed by atoms with Crippen LogP contribution in [0.2, 0.25) is 0 Å². The van der Waals surface area contributed by atoms with Crippen molar-refractivity contribution in [2.75, 3.05) is 13.7 Å². The lowest BCUT2D eigenvalue weighted by Gasteiger charge is -2.38. The Morgan fingerprint density at radius 3 is 2.26 bits per heavy atom. The Morgan fingerprint density at radius 1 is 0.833 bits per heavy atom. The zero-order valence-corrected chi connectivity index (χ0v) is 22.2. The molecule has 228 valence electrons. The highest BCUT2D eigenvalue weighted by Gasteiger charge is 2.44. The summed E-state index contributed by atoms with van der Waals surface area (Å²) >= 11 is 0. The molecule has 0 spiro atoms. The molecule has 0 aliphatic carbocycles. The van der Waals surface area contributed by atoms with Gasteiger partial charge >= 0.3 is 0 Å². The summed E-state index contributed by atoms with van der Waals surface area (Å²) in [5.74, 6) is -1.95. The quantitative estimate of drug-likeness (QED) is 0.169. The largest absolute Gasteiger partial charge is 0.507 e. The minimum atomic E-state index is -1.78. The molecular formula is C27H30O15. The van der Waals surface area contributed by atoms with Crippen LogP contribution in [0.25, 0.3) is 22.3 Å². The fourth-order valence-corrected chi connectivity index (χ4v) is 4.66. The van der Waals surface area contributed by atoms with Gasteiger partial charge in [-0.25, -0.2) is 0 Å². The highest BCUT2D eigenvalue weighted by Crippen LogP contribution is 2.40. The van der Waals surface area contributed by atoms with Crippen molar-refractivity contribution < 1.29 is 69.0 Å². The lowest BCUT2D eigenvalue weighted by Crippen LogP contribution is -2.58. The van der Waals surface area contributed by atoms with Crippen LogP contribution in [-0.2, 0) is 9.47 Å². The molecule has 2 aromatic carbocycles. The van der Waals surface area contributed by atoms with Gasteiger partial charge in [-0.2, -0.15) is 0 Å². The molecule has 1 aromatic heterocycles. The molecule has 0 unspecified atom stereocenters. The third-order valence-corrected chi connectivity index (χ3v) is 7.10. The molecule has 3 aromatic rings. The summed E-state index contributed by atoms with van der Waals surface area (Å²) in [5.41, 5.74) is -0.994. The Bertz CT molecular complexity index is 1510. The molecule has 15 nitrogen and oxygen atoms in total. The number of rotatable bonds is 6. The standard InChI is InChI=1S/C27H30O15/c1-9-18(31)21(34)23(36)27(39-9)41-15-5-10(3-4-12(15)28)24-25(42-26-22(35)19(32)14(30)8-38-26)20(33)17-13(29)6-11(37-2)7-16(17)40-24/h3-7,9,14,18-19,21-23,26-32,34-36H,8H2,1-2H3/t9-,14-,18-,19-,21+,22+,23+,26-,27-/m0/s1. The van der Waals surface area contributed by atoms with Gasteiger partial charge in [-0.05, 0) is 25.1 Å². The van der Waals surface area contributed by atoms with Crippen molar-refractivity contribution in [3.63, 3.8) is 0 Å². The molecule has 15 heteroatoms. The maximum Gasteiger partial charge on any atom is 0.239 e. The summed E-state index contributed by atoms with van der Waals surface area (Å²) in [5, 5.41) is 81.5. The van der Waals surface area contributed by atoms with Crippen LogP contribution in [0, 0.1) is 0 Å². The average molecular weight is 595 g/mol. The molecule has 2 saturated heterocycles. The molecule has 2 aliphatic heterocycles. The van der Waals surface area contributed by atoms with Crippen molar-refractivity contribution in [1.29, 1.82) is 0 Å². The molecule has 0 amide bonds. The van der Waals surface area contributed by atoms with E-state index in [2.05, 4.69) is 0 Å². The van der Waals surface area contributed by atoms with Gasteiger partial charge < -0.3 is 69.0 Å². The van der Waals surface area contributed by atoms with E-state index in [9.17, 15) is 45.6 Å². The number of ether oxygens (including phenoxy) is 5. The number of benzene rings is 2. The number of methoxy groups -OCH3 is 1. The molecule has 3 heterocycles. The molecule has 5 rings (SSSR count). The Kier molecular flexibility index (Phi) is 8.19. The van der Waals surface area contributed by atoms with Gasteiger partial charge in [0, 0.05) is 17.7 Å². The second-order valence-electron chi connectivity index (χ2n) is 9.96. The van der Waals surface area contributed by atoms with Gasteiger partial charge in [0.15, 0.2) is 17.3 Å². The van der Waals surface area contributed by atoms with Gasteiger partial charge in [-0.15, -0.1) is 0 Å². The van der Waals surface area contributed by atoms with Crippen LogP contribution in [0.4, 0.5) is 0 Å². The predicted octanol–water partition coefficient (Wildman–Crippen LogP) is -1.10. The van der Waals surface area contributed by atoms with Crippen LogP contribution in [0.1, 0.15) is 6.92 Å². The smallest absolute Gasteiger partial charge is 0.239 e. The van der Waals surface area contributed by atoms with E-state index in [-0.39, 0.29) is 33.8 Å². The second-order valence-corrected chi connectivity index (χ2v) is 9.96. The summed E-state index contributed by atoms with van der Waals surface area (Å²) in [6.07, 6.45) is -13.7. The minimum Gasteiger partial charge on any atom is -0.507 e. The third-order valence-electron chi connectivity index (χ3n) is 7.10. The van der Waals surface area contributed by atoms with Crippen molar-refractivity contribution in [2.24, 2.45) is 0 Å². The summed E-state index contributed by atoms with van der Waals surface area (Å²) in [6.45, 7) is 1.01. The molecule has 9 atom stereocenters. The van der Waals surface area contributed by atoms with Gasteiger partial charge in [0.25, 0.3) is 0 Å². The molecule has 0 radical (unpaired) electrons. The summed E-state index contributed by atoms with van der Waals surface area (Å²) in [6, 6.07) is 6.17. The molecule has 2 fully saturated rings. The molecule has 8 N–H and O–H groups in total. The fraction of sp³-hybridized carbons (Fsp3) is 0.444. The van der Waals surface area contributed by atoms with Crippen molar-refractivity contribution in [3.8, 4) is 40.1 Å². The predicted molar refractivity (Wildman–Crippen MR) is 139 cm³/mol. The number of aliphatic hydroxyl groups is 6. The third kappa shape index (κ3) is 5.32. The van der Waals surface area contributed by atoms with E-state index in [1.807, 2.05) is 0 Å². The number of phenolic OH excluding ortho intramolecular Hbond substituents is 2. The molecule has 0 bridgehead atoms. The Morgan fingerprint density at radius 2 is 1.55 bits per heavy atom. The van der Waals surface area contributed by atoms with Gasteiger partial charge in [0.1, 0.15) is 59.1 Å². The first-order chi connectivity index (χ1) is 19.9. The normalized spacial score (nSPS) is 31.6. The van der Waals surface area contributed by atoms with E-state index in [1.165, 1.54) is 38.3 Å². The number of phenols is 2. The van der Waals surface area contributed by atoms with Gasteiger partial charge in [0.05, 0.1) is 19.8 Å². The van der Waals surface area contributed by atoms with Gasteiger partial charge in [-0.3, -0.25) is 4.79 Å². The number of hydrogen-bond donors (Lipinski definition) is 8. The molecule has 2 aliphatic rings. The van der Waals surface area contributed by atoms with Crippen LogP contribution in [0.3, 0.4) is 0 Å². The first-order valence-electron chi connectivity index (χ1n) is 12.8. The molecule has 0 saturated carbocycles. The summed E-state index contributed by atoms with van der Waals surface area (Å²) in [4.78, 5) is 13.7. The first-order valence-corrected chi connectivity index (χ1v) is 12.8. The van der Waals surface area contributed by atoms with E-state index in [4.69, 9.17) is 28.1 Å². The Hall–Kier alpha value is -3.67. The zero-order valence-electron chi connectivity index (χ0n) is 22.2. The summed E-state index contributed by atoms with van der Waals surface area (Å²) in [7, 11) is 1.33. The van der Waals surface area contributed by atoms with Crippen LogP contribution in [-0.4, -0.2) is 110 Å². The lowest BCUT2D eigenvalue weighted by molar-refractivity contribution is -0.268. The number of fused-ring (bicyclic) bond motifs is 1. The van der Waals surface area contributed by atoms with Crippen molar-refractivity contribution in [2.45, 2.75) is 62.2 Å². The van der Waals surface area contributed by atoms with Gasteiger partial charge in [0.2, 0.25) is 23.8 Å². The topological polar surface area (TPSA) is 238 Å². The monoisotopic (exact) mass is 594 g/mol. The number of aliphatic hydroxyl groups excluding tert-OH is 6. The van der Waals surface area contributed by atoms with Crippen molar-refractivity contribution in [1.82, 2.24) is 0 Å². The Labute approximate surface area is 236 Å². The van der Waals surface area contributed by atoms with E-state index in [0.717, 1.165) is 6.07 Å². The van der Waals surface area contributed by atoms with E-state index in [0.29, 0.717) is 0 Å². The zero-order chi connectivity index (χ0) is 30.5. The van der Waals surface area contributed by atoms with Crippen LogP contribution < -0.4 is 19.6 Å². The van der Waals surface area contributed by atoms with E-state index < -0.39 is 84.6 Å². The Balaban J connectivity index is 1.61. The maximum atomic E-state index is 13.7. The van der Waals surface area contributed by atoms with E-state index in [1.54, 1.807) is 0 Å². The highest BCUT2D eigenvalue weighted by atomic mass is 16.7. The van der Waals surface area contributed by atoms with E-state index >= 15 is 0 Å². The highest BCUT2D eigenvalue weighted by molar-refractivity contribution is 5.88. The van der Waals surface area contributed by atoms with Crippen molar-refractivity contribution >= 4 is 11.0 Å². The minimum absolute atomic E-state index is 0.0453. The van der Waals surface area contributed by atoms with Crippen LogP contribution >= 0.6 is 0 Å². The summed E-state index contributed by atoms with van der Waals surface area (Å²) < 4.78 is 33.1. The fourth-order valence-electron chi connectivity index (χ4n) is 4.66. The maximum absolute atomic E-state index is 13.7. The second kappa shape index (κ2) is 11.5. The number of hydrogen-bond acceptors (Lipinski definition) is 15. The SMILES string of the molecule is COc1cc(O)c2c(=O)c(O[C@@H]3OC[C@H](O)[C@H](O)[C@H]3O)c(-c3ccc(O)c(O[C@@H]4O[C@@H](C)[C@H](O)[C@@H](O)[C@H]4O)c3)oc2c1. The van der Waals surface area contributed by atoms with Crippen LogP contribution in [0.5, 0.6) is 28.7 Å². The average Bonchev–Trinajstić information content (AvgIpc) is 2.96. The molecule has 42 heavy (non-hydrogen) atoms. The van der Waals surface area contributed by atoms with Crippen molar-refractivity contribution in [3.05, 3.63) is 40.6 Å². The number of aromatic hydroxyl groups is 2. The molecular weight excluding hydrogens is 564 g/mol.